The largest absolute Gasteiger partial charge is 0.489 e. The van der Waals surface area contributed by atoms with E-state index in [1.54, 1.807) is 12.1 Å². The van der Waals surface area contributed by atoms with Gasteiger partial charge in [0.2, 0.25) is 0 Å². The number of ether oxygens (including phenoxy) is 1. The van der Waals surface area contributed by atoms with Gasteiger partial charge in [-0.1, -0.05) is 30.3 Å². The minimum Gasteiger partial charge on any atom is -0.489 e. The average Bonchev–Trinajstić information content (AvgIpc) is 3.29. The maximum Gasteiger partial charge on any atom is 0.129 e. The van der Waals surface area contributed by atoms with Gasteiger partial charge in [0.15, 0.2) is 0 Å². The normalized spacial score (nSPS) is 13.6. The lowest BCUT2D eigenvalue weighted by Crippen LogP contribution is -2.15. The fraction of sp³-hybridized carbons (Fsp3) is 0.294. The number of halogens is 2. The van der Waals surface area contributed by atoms with Crippen molar-refractivity contribution in [2.75, 3.05) is 0 Å². The first-order valence-electron chi connectivity index (χ1n) is 7.00. The predicted molar refractivity (Wildman–Crippen MR) is 84.3 cm³/mol. The Morgan fingerprint density at radius 3 is 2.67 bits per heavy atom. The van der Waals surface area contributed by atoms with Crippen molar-refractivity contribution in [3.05, 3.63) is 65.5 Å². The van der Waals surface area contributed by atoms with Crippen LogP contribution in [0.25, 0.3) is 0 Å². The molecule has 2 aromatic rings. The standard InChI is InChI=1S/C17H18FNO.ClH/c18-17-7-2-1-5-14(17)12-20-16-6-3-4-13(10-16)11-19-15-8-9-15;/h1-7,10,15,19H,8-9,11-12H2;1H. The van der Waals surface area contributed by atoms with Crippen LogP contribution in [0.5, 0.6) is 5.75 Å². The fourth-order valence-corrected chi connectivity index (χ4v) is 2.07. The van der Waals surface area contributed by atoms with Crippen molar-refractivity contribution in [2.24, 2.45) is 0 Å². The van der Waals surface area contributed by atoms with Gasteiger partial charge in [-0.15, -0.1) is 12.4 Å². The zero-order valence-electron chi connectivity index (χ0n) is 11.7. The molecule has 4 heteroatoms. The van der Waals surface area contributed by atoms with Crippen LogP contribution in [0.1, 0.15) is 24.0 Å². The smallest absolute Gasteiger partial charge is 0.129 e. The SMILES string of the molecule is Cl.Fc1ccccc1COc1cccc(CNC2CC2)c1. The molecule has 0 unspecified atom stereocenters. The Morgan fingerprint density at radius 2 is 1.90 bits per heavy atom. The van der Waals surface area contributed by atoms with E-state index in [9.17, 15) is 4.39 Å². The van der Waals surface area contributed by atoms with Crippen molar-refractivity contribution in [3.8, 4) is 5.75 Å². The van der Waals surface area contributed by atoms with Gasteiger partial charge in [0, 0.05) is 18.2 Å². The summed E-state index contributed by atoms with van der Waals surface area (Å²) in [6.07, 6.45) is 2.56. The van der Waals surface area contributed by atoms with Gasteiger partial charge in [-0.2, -0.15) is 0 Å². The Morgan fingerprint density at radius 1 is 1.10 bits per heavy atom. The van der Waals surface area contributed by atoms with Crippen LogP contribution in [0, 0.1) is 5.82 Å². The predicted octanol–water partition coefficient (Wildman–Crippen LogP) is 4.08. The van der Waals surface area contributed by atoms with Gasteiger partial charge in [-0.3, -0.25) is 0 Å². The highest BCUT2D eigenvalue weighted by atomic mass is 35.5. The lowest BCUT2D eigenvalue weighted by atomic mass is 10.2. The summed E-state index contributed by atoms with van der Waals surface area (Å²) in [6, 6.07) is 15.4. The minimum atomic E-state index is -0.223. The third-order valence-corrected chi connectivity index (χ3v) is 3.42. The fourth-order valence-electron chi connectivity index (χ4n) is 2.07. The molecule has 0 spiro atoms. The van der Waals surface area contributed by atoms with Crippen molar-refractivity contribution >= 4 is 12.4 Å². The third-order valence-electron chi connectivity index (χ3n) is 3.42. The van der Waals surface area contributed by atoms with Gasteiger partial charge in [0.1, 0.15) is 18.2 Å². The van der Waals surface area contributed by atoms with E-state index < -0.39 is 0 Å². The van der Waals surface area contributed by atoms with E-state index in [1.807, 2.05) is 24.3 Å². The monoisotopic (exact) mass is 307 g/mol. The second-order valence-electron chi connectivity index (χ2n) is 5.18. The molecule has 0 saturated heterocycles. The maximum absolute atomic E-state index is 13.5. The van der Waals surface area contributed by atoms with Crippen molar-refractivity contribution in [3.63, 3.8) is 0 Å². The van der Waals surface area contributed by atoms with Gasteiger partial charge in [-0.05, 0) is 36.6 Å². The molecule has 0 aromatic heterocycles. The molecule has 112 valence electrons. The minimum absolute atomic E-state index is 0. The van der Waals surface area contributed by atoms with Crippen LogP contribution >= 0.6 is 12.4 Å². The summed E-state index contributed by atoms with van der Waals surface area (Å²) in [7, 11) is 0. The molecule has 3 rings (SSSR count). The van der Waals surface area contributed by atoms with E-state index in [-0.39, 0.29) is 24.8 Å². The quantitative estimate of drug-likeness (QED) is 0.868. The average molecular weight is 308 g/mol. The molecule has 21 heavy (non-hydrogen) atoms. The van der Waals surface area contributed by atoms with E-state index in [0.717, 1.165) is 12.3 Å². The third kappa shape index (κ3) is 4.73. The summed E-state index contributed by atoms with van der Waals surface area (Å²) < 4.78 is 19.2. The highest BCUT2D eigenvalue weighted by Gasteiger charge is 2.19. The molecule has 0 radical (unpaired) electrons. The zero-order chi connectivity index (χ0) is 13.8. The topological polar surface area (TPSA) is 21.3 Å². The van der Waals surface area contributed by atoms with Gasteiger partial charge in [-0.25, -0.2) is 4.39 Å². The molecule has 1 fully saturated rings. The van der Waals surface area contributed by atoms with Crippen LogP contribution in [0.4, 0.5) is 4.39 Å². The van der Waals surface area contributed by atoms with Crippen LogP contribution in [-0.2, 0) is 13.2 Å². The van der Waals surface area contributed by atoms with E-state index in [0.29, 0.717) is 11.6 Å². The second-order valence-corrected chi connectivity index (χ2v) is 5.18. The molecule has 1 aliphatic rings. The lowest BCUT2D eigenvalue weighted by Gasteiger charge is -2.09. The summed E-state index contributed by atoms with van der Waals surface area (Å²) in [4.78, 5) is 0. The first-order valence-corrected chi connectivity index (χ1v) is 7.00. The summed E-state index contributed by atoms with van der Waals surface area (Å²) >= 11 is 0. The first kappa shape index (κ1) is 15.8. The van der Waals surface area contributed by atoms with Crippen molar-refractivity contribution < 1.29 is 9.13 Å². The first-order chi connectivity index (χ1) is 9.81. The van der Waals surface area contributed by atoms with E-state index >= 15 is 0 Å². The van der Waals surface area contributed by atoms with Crippen LogP contribution in [-0.4, -0.2) is 6.04 Å². The number of hydrogen-bond donors (Lipinski definition) is 1. The molecule has 0 aliphatic heterocycles. The number of nitrogens with one attached hydrogen (secondary N) is 1. The molecular weight excluding hydrogens is 289 g/mol. The van der Waals surface area contributed by atoms with Crippen LogP contribution in [0.15, 0.2) is 48.5 Å². The Labute approximate surface area is 130 Å². The van der Waals surface area contributed by atoms with Crippen molar-refractivity contribution in [1.29, 1.82) is 0 Å². The highest BCUT2D eigenvalue weighted by Crippen LogP contribution is 2.20. The molecule has 0 atom stereocenters. The zero-order valence-corrected chi connectivity index (χ0v) is 12.5. The van der Waals surface area contributed by atoms with Gasteiger partial charge >= 0.3 is 0 Å². The van der Waals surface area contributed by atoms with E-state index in [4.69, 9.17) is 4.74 Å². The summed E-state index contributed by atoms with van der Waals surface area (Å²) in [6.45, 7) is 1.12. The molecule has 2 nitrogen and oxygen atoms in total. The molecule has 1 saturated carbocycles. The Hall–Kier alpha value is -1.58. The number of hydrogen-bond acceptors (Lipinski definition) is 2. The Balaban J connectivity index is 0.00000161. The molecule has 1 N–H and O–H groups in total. The van der Waals surface area contributed by atoms with Gasteiger partial charge < -0.3 is 10.1 Å². The maximum atomic E-state index is 13.5. The second kappa shape index (κ2) is 7.43. The summed E-state index contributed by atoms with van der Waals surface area (Å²) in [5.41, 5.74) is 1.77. The highest BCUT2D eigenvalue weighted by molar-refractivity contribution is 5.85. The summed E-state index contributed by atoms with van der Waals surface area (Å²) in [5.74, 6) is 0.558. The molecule has 0 amide bonds. The molecule has 0 bridgehead atoms. The van der Waals surface area contributed by atoms with E-state index in [1.165, 1.54) is 24.5 Å². The molecule has 0 heterocycles. The van der Waals surface area contributed by atoms with Crippen molar-refractivity contribution in [2.45, 2.75) is 32.0 Å². The Kier molecular flexibility index (Phi) is 5.59. The summed E-state index contributed by atoms with van der Waals surface area (Å²) in [5, 5.41) is 3.47. The van der Waals surface area contributed by atoms with Gasteiger partial charge in [0.25, 0.3) is 0 Å². The molecular formula is C17H19ClFNO. The van der Waals surface area contributed by atoms with Crippen LogP contribution in [0.3, 0.4) is 0 Å². The molecule has 1 aliphatic carbocycles. The Bertz CT molecular complexity index is 587. The van der Waals surface area contributed by atoms with E-state index in [2.05, 4.69) is 11.4 Å². The molecule has 2 aromatic carbocycles. The number of rotatable bonds is 6. The van der Waals surface area contributed by atoms with Gasteiger partial charge in [0.05, 0.1) is 0 Å². The number of benzene rings is 2. The van der Waals surface area contributed by atoms with Crippen LogP contribution < -0.4 is 10.1 Å². The van der Waals surface area contributed by atoms with Crippen LogP contribution in [0.2, 0.25) is 0 Å². The lowest BCUT2D eigenvalue weighted by molar-refractivity contribution is 0.299. The van der Waals surface area contributed by atoms with Crippen molar-refractivity contribution in [1.82, 2.24) is 5.32 Å².